The van der Waals surface area contributed by atoms with E-state index < -0.39 is 0 Å². The molecule has 1 aliphatic heterocycles. The number of allylic oxidation sites excluding steroid dienone is 1. The Labute approximate surface area is 105 Å². The number of ketones is 1. The molecule has 3 N–H and O–H groups in total. The number of benzene rings is 1. The van der Waals surface area contributed by atoms with Crippen molar-refractivity contribution in [1.29, 1.82) is 0 Å². The highest BCUT2D eigenvalue weighted by Gasteiger charge is 2.09. The fourth-order valence-corrected chi connectivity index (χ4v) is 2.29. The van der Waals surface area contributed by atoms with Crippen molar-refractivity contribution in [2.45, 2.75) is 12.8 Å². The van der Waals surface area contributed by atoms with Crippen LogP contribution in [0.3, 0.4) is 0 Å². The minimum atomic E-state index is 0.127. The van der Waals surface area contributed by atoms with Crippen LogP contribution in [-0.2, 0) is 11.2 Å². The summed E-state index contributed by atoms with van der Waals surface area (Å²) in [6.45, 7) is 0.371. The van der Waals surface area contributed by atoms with E-state index >= 15 is 0 Å². The molecule has 0 saturated heterocycles. The van der Waals surface area contributed by atoms with Crippen molar-refractivity contribution < 1.29 is 4.79 Å². The molecule has 0 bridgehead atoms. The monoisotopic (exact) mass is 241 g/mol. The van der Waals surface area contributed by atoms with Crippen LogP contribution in [0.2, 0.25) is 0 Å². The van der Waals surface area contributed by atoms with Crippen LogP contribution in [0.15, 0.2) is 42.2 Å². The third-order valence-electron chi connectivity index (χ3n) is 3.18. The summed E-state index contributed by atoms with van der Waals surface area (Å²) in [5.74, 6) is 0.127. The average molecular weight is 241 g/mol. The van der Waals surface area contributed by atoms with Gasteiger partial charge in [-0.2, -0.15) is 0 Å². The summed E-state index contributed by atoms with van der Waals surface area (Å²) < 4.78 is 0. The molecule has 0 atom stereocenters. The van der Waals surface area contributed by atoms with Gasteiger partial charge in [0.2, 0.25) is 0 Å². The number of aryl methyl sites for hydroxylation is 1. The predicted octanol–water partition coefficient (Wildman–Crippen LogP) is 1.66. The predicted molar refractivity (Wildman–Crippen MR) is 70.8 cm³/mol. The van der Waals surface area contributed by atoms with Crippen LogP contribution in [0, 0.1) is 0 Å². The Morgan fingerprint density at radius 2 is 2.11 bits per heavy atom. The SMILES string of the molecule is O=C1C=C(CCc2cccc3cc[nH]c23)NNC1. The van der Waals surface area contributed by atoms with E-state index in [1.54, 1.807) is 6.08 Å². The lowest BCUT2D eigenvalue weighted by molar-refractivity contribution is -0.114. The number of aromatic nitrogens is 1. The molecule has 0 unspecified atom stereocenters. The number of hydrogen-bond donors (Lipinski definition) is 3. The zero-order valence-corrected chi connectivity index (χ0v) is 9.99. The lowest BCUT2D eigenvalue weighted by Gasteiger charge is -2.16. The number of carbonyl (C=O) groups excluding carboxylic acids is 1. The summed E-state index contributed by atoms with van der Waals surface area (Å²) >= 11 is 0. The quantitative estimate of drug-likeness (QED) is 0.766. The van der Waals surface area contributed by atoms with Crippen LogP contribution in [0.1, 0.15) is 12.0 Å². The van der Waals surface area contributed by atoms with E-state index in [-0.39, 0.29) is 5.78 Å². The minimum Gasteiger partial charge on any atom is -0.361 e. The molecule has 2 aromatic rings. The Bertz CT molecular complexity index is 612. The molecule has 4 nitrogen and oxygen atoms in total. The topological polar surface area (TPSA) is 56.9 Å². The van der Waals surface area contributed by atoms with Gasteiger partial charge in [0, 0.05) is 23.5 Å². The molecule has 18 heavy (non-hydrogen) atoms. The second kappa shape index (κ2) is 4.66. The fraction of sp³-hybridized carbons (Fsp3) is 0.214. The van der Waals surface area contributed by atoms with Gasteiger partial charge in [-0.15, -0.1) is 0 Å². The van der Waals surface area contributed by atoms with Gasteiger partial charge >= 0.3 is 0 Å². The van der Waals surface area contributed by atoms with Gasteiger partial charge in [-0.25, -0.2) is 5.43 Å². The van der Waals surface area contributed by atoms with Crippen molar-refractivity contribution in [3.8, 4) is 0 Å². The smallest absolute Gasteiger partial charge is 0.173 e. The number of nitrogens with one attached hydrogen (secondary N) is 3. The van der Waals surface area contributed by atoms with Crippen molar-refractivity contribution in [3.63, 3.8) is 0 Å². The number of aromatic amines is 1. The summed E-state index contributed by atoms with van der Waals surface area (Å²) in [5.41, 5.74) is 9.34. The molecule has 0 fully saturated rings. The lowest BCUT2D eigenvalue weighted by Crippen LogP contribution is -2.39. The van der Waals surface area contributed by atoms with Gasteiger partial charge in [0.1, 0.15) is 0 Å². The van der Waals surface area contributed by atoms with E-state index in [1.807, 2.05) is 6.20 Å². The highest BCUT2D eigenvalue weighted by Crippen LogP contribution is 2.19. The Morgan fingerprint density at radius 1 is 1.17 bits per heavy atom. The molecule has 92 valence electrons. The first-order valence-electron chi connectivity index (χ1n) is 6.10. The molecule has 3 rings (SSSR count). The minimum absolute atomic E-state index is 0.127. The maximum Gasteiger partial charge on any atom is 0.173 e. The van der Waals surface area contributed by atoms with Crippen LogP contribution >= 0.6 is 0 Å². The highest BCUT2D eigenvalue weighted by atomic mass is 16.1. The van der Waals surface area contributed by atoms with E-state index in [2.05, 4.69) is 40.1 Å². The second-order valence-corrected chi connectivity index (χ2v) is 4.47. The Morgan fingerprint density at radius 3 is 3.00 bits per heavy atom. The van der Waals surface area contributed by atoms with Gasteiger partial charge in [-0.05, 0) is 29.9 Å². The van der Waals surface area contributed by atoms with E-state index in [9.17, 15) is 4.79 Å². The summed E-state index contributed by atoms with van der Waals surface area (Å²) in [7, 11) is 0. The maximum atomic E-state index is 11.3. The summed E-state index contributed by atoms with van der Waals surface area (Å²) in [6.07, 6.45) is 5.38. The van der Waals surface area contributed by atoms with Crippen LogP contribution in [0.25, 0.3) is 10.9 Å². The van der Waals surface area contributed by atoms with Crippen molar-refractivity contribution in [1.82, 2.24) is 15.8 Å². The van der Waals surface area contributed by atoms with E-state index in [4.69, 9.17) is 0 Å². The molecule has 0 amide bonds. The number of para-hydroxylation sites is 1. The Kier molecular flexibility index (Phi) is 2.86. The number of carbonyl (C=O) groups is 1. The summed E-state index contributed by atoms with van der Waals surface area (Å²) in [6, 6.07) is 8.36. The molecule has 0 radical (unpaired) electrons. The third-order valence-corrected chi connectivity index (χ3v) is 3.18. The molecule has 0 aliphatic carbocycles. The average Bonchev–Trinajstić information content (AvgIpc) is 2.85. The number of hydrazine groups is 1. The molecule has 1 aromatic carbocycles. The van der Waals surface area contributed by atoms with Crippen molar-refractivity contribution in [2.24, 2.45) is 0 Å². The number of hydrogen-bond acceptors (Lipinski definition) is 3. The fourth-order valence-electron chi connectivity index (χ4n) is 2.29. The number of H-pyrrole nitrogens is 1. The first kappa shape index (κ1) is 11.0. The van der Waals surface area contributed by atoms with Crippen molar-refractivity contribution in [3.05, 3.63) is 47.8 Å². The van der Waals surface area contributed by atoms with E-state index in [0.717, 1.165) is 18.5 Å². The second-order valence-electron chi connectivity index (χ2n) is 4.47. The van der Waals surface area contributed by atoms with Gasteiger partial charge < -0.3 is 10.4 Å². The Hall–Kier alpha value is -2.07. The maximum absolute atomic E-state index is 11.3. The summed E-state index contributed by atoms with van der Waals surface area (Å²) in [4.78, 5) is 14.5. The molecule has 1 aliphatic rings. The largest absolute Gasteiger partial charge is 0.361 e. The highest BCUT2D eigenvalue weighted by molar-refractivity contribution is 5.92. The number of rotatable bonds is 3. The van der Waals surface area contributed by atoms with Crippen LogP contribution in [-0.4, -0.2) is 17.3 Å². The van der Waals surface area contributed by atoms with Crippen molar-refractivity contribution in [2.75, 3.05) is 6.54 Å². The van der Waals surface area contributed by atoms with Crippen molar-refractivity contribution >= 4 is 16.7 Å². The molecule has 1 aromatic heterocycles. The zero-order valence-electron chi connectivity index (χ0n) is 9.99. The van der Waals surface area contributed by atoms with Gasteiger partial charge in [0.25, 0.3) is 0 Å². The summed E-state index contributed by atoms with van der Waals surface area (Å²) in [5, 5.41) is 1.23. The third kappa shape index (κ3) is 2.15. The van der Waals surface area contributed by atoms with Gasteiger partial charge in [-0.3, -0.25) is 4.79 Å². The molecule has 0 saturated carbocycles. The molecular formula is C14H15N3O. The van der Waals surface area contributed by atoms with Crippen LogP contribution in [0.4, 0.5) is 0 Å². The molecule has 4 heteroatoms. The number of fused-ring (bicyclic) bond motifs is 1. The van der Waals surface area contributed by atoms with Gasteiger partial charge in [-0.1, -0.05) is 18.2 Å². The van der Waals surface area contributed by atoms with E-state index in [1.165, 1.54) is 16.5 Å². The first-order chi connectivity index (χ1) is 8.83. The lowest BCUT2D eigenvalue weighted by atomic mass is 10.0. The zero-order chi connectivity index (χ0) is 12.4. The molecule has 0 spiro atoms. The molecule has 2 heterocycles. The van der Waals surface area contributed by atoms with Crippen LogP contribution < -0.4 is 10.9 Å². The Balaban J connectivity index is 1.77. The van der Waals surface area contributed by atoms with E-state index in [0.29, 0.717) is 6.54 Å². The normalized spacial score (nSPS) is 15.6. The van der Waals surface area contributed by atoms with Gasteiger partial charge in [0.05, 0.1) is 6.54 Å². The van der Waals surface area contributed by atoms with Gasteiger partial charge in [0.15, 0.2) is 5.78 Å². The standard InChI is InChI=1S/C14H15N3O/c18-13-8-12(17-16-9-13)5-4-10-2-1-3-11-6-7-15-14(10)11/h1-3,6-8,15-17H,4-5,9H2. The van der Waals surface area contributed by atoms with Crippen LogP contribution in [0.5, 0.6) is 0 Å². The molecular weight excluding hydrogens is 226 g/mol. The first-order valence-corrected chi connectivity index (χ1v) is 6.10.